The summed E-state index contributed by atoms with van der Waals surface area (Å²) in [7, 11) is 0. The molecule has 1 saturated heterocycles. The van der Waals surface area contributed by atoms with Gasteiger partial charge in [-0.3, -0.25) is 0 Å². The molecule has 0 spiro atoms. The quantitative estimate of drug-likeness (QED) is 0.869. The molecule has 2 atom stereocenters. The summed E-state index contributed by atoms with van der Waals surface area (Å²) < 4.78 is 18.2. The van der Waals surface area contributed by atoms with Crippen molar-refractivity contribution in [1.82, 2.24) is 5.32 Å². The fraction of sp³-hybridized carbons (Fsp3) is 0.571. The first-order valence-corrected chi connectivity index (χ1v) is 6.32. The molecular formula is C14H20FNO. The van der Waals surface area contributed by atoms with Crippen molar-refractivity contribution >= 4 is 0 Å². The molecule has 2 unspecified atom stereocenters. The van der Waals surface area contributed by atoms with Gasteiger partial charge in [-0.1, -0.05) is 12.1 Å². The van der Waals surface area contributed by atoms with Gasteiger partial charge in [0.05, 0.1) is 6.61 Å². The molecular weight excluding hydrogens is 217 g/mol. The minimum absolute atomic E-state index is 0.179. The Balaban J connectivity index is 1.80. The predicted molar refractivity (Wildman–Crippen MR) is 66.4 cm³/mol. The fourth-order valence-electron chi connectivity index (χ4n) is 2.18. The molecule has 1 fully saturated rings. The average Bonchev–Trinajstić information content (AvgIpc) is 2.38. The Labute approximate surface area is 102 Å². The number of hydrogen-bond acceptors (Lipinski definition) is 2. The smallest absolute Gasteiger partial charge is 0.123 e. The summed E-state index contributed by atoms with van der Waals surface area (Å²) in [5.74, 6) is 0.438. The Hall–Kier alpha value is -0.930. The lowest BCUT2D eigenvalue weighted by Gasteiger charge is -2.24. The molecule has 0 aliphatic carbocycles. The topological polar surface area (TPSA) is 21.3 Å². The van der Waals surface area contributed by atoms with Crippen molar-refractivity contribution in [3.05, 3.63) is 35.6 Å². The second-order valence-corrected chi connectivity index (χ2v) is 4.76. The van der Waals surface area contributed by atoms with E-state index in [1.165, 1.54) is 18.6 Å². The van der Waals surface area contributed by atoms with Crippen molar-refractivity contribution < 1.29 is 9.13 Å². The molecule has 0 bridgehead atoms. The molecule has 0 aromatic heterocycles. The standard InChI is InChI=1S/C14H20FNO/c1-11(13-4-6-14(15)7-5-13)16-9-12-3-2-8-17-10-12/h4-7,11-12,16H,2-3,8-10H2,1H3. The van der Waals surface area contributed by atoms with Gasteiger partial charge in [0, 0.05) is 19.2 Å². The van der Waals surface area contributed by atoms with Gasteiger partial charge in [-0.25, -0.2) is 4.39 Å². The molecule has 0 saturated carbocycles. The summed E-state index contributed by atoms with van der Waals surface area (Å²) >= 11 is 0. The van der Waals surface area contributed by atoms with Crippen LogP contribution in [0, 0.1) is 11.7 Å². The predicted octanol–water partition coefficient (Wildman–Crippen LogP) is 2.90. The van der Waals surface area contributed by atoms with E-state index in [-0.39, 0.29) is 11.9 Å². The molecule has 94 valence electrons. The van der Waals surface area contributed by atoms with Crippen LogP contribution in [0.4, 0.5) is 4.39 Å². The summed E-state index contributed by atoms with van der Waals surface area (Å²) in [5, 5.41) is 3.49. The fourth-order valence-corrected chi connectivity index (χ4v) is 2.18. The van der Waals surface area contributed by atoms with Crippen LogP contribution in [-0.2, 0) is 4.74 Å². The van der Waals surface area contributed by atoms with Crippen LogP contribution in [0.25, 0.3) is 0 Å². The molecule has 0 amide bonds. The third kappa shape index (κ3) is 3.79. The highest BCUT2D eigenvalue weighted by atomic mass is 19.1. The molecule has 3 heteroatoms. The first-order valence-electron chi connectivity index (χ1n) is 6.32. The second-order valence-electron chi connectivity index (χ2n) is 4.76. The van der Waals surface area contributed by atoms with E-state index in [4.69, 9.17) is 4.74 Å². The summed E-state index contributed by atoms with van der Waals surface area (Å²) in [6.45, 7) is 4.85. The summed E-state index contributed by atoms with van der Waals surface area (Å²) in [5.41, 5.74) is 1.13. The van der Waals surface area contributed by atoms with Gasteiger partial charge in [-0.15, -0.1) is 0 Å². The number of ether oxygens (including phenoxy) is 1. The van der Waals surface area contributed by atoms with Crippen LogP contribution in [0.2, 0.25) is 0 Å². The first kappa shape index (κ1) is 12.5. The van der Waals surface area contributed by atoms with E-state index in [0.29, 0.717) is 5.92 Å². The summed E-state index contributed by atoms with van der Waals surface area (Å²) in [4.78, 5) is 0. The maximum Gasteiger partial charge on any atom is 0.123 e. The van der Waals surface area contributed by atoms with Gasteiger partial charge in [-0.05, 0) is 43.4 Å². The molecule has 1 aliphatic heterocycles. The number of halogens is 1. The van der Waals surface area contributed by atoms with Crippen LogP contribution in [0.3, 0.4) is 0 Å². The Morgan fingerprint density at radius 3 is 2.82 bits per heavy atom. The van der Waals surface area contributed by atoms with E-state index in [0.717, 1.165) is 31.7 Å². The Bertz CT molecular complexity index is 333. The molecule has 1 aromatic carbocycles. The third-order valence-electron chi connectivity index (χ3n) is 3.34. The average molecular weight is 237 g/mol. The molecule has 1 N–H and O–H groups in total. The summed E-state index contributed by atoms with van der Waals surface area (Å²) in [6, 6.07) is 6.96. The van der Waals surface area contributed by atoms with Crippen molar-refractivity contribution in [2.45, 2.75) is 25.8 Å². The maximum atomic E-state index is 12.8. The van der Waals surface area contributed by atoms with E-state index < -0.39 is 0 Å². The zero-order valence-corrected chi connectivity index (χ0v) is 10.3. The summed E-state index contributed by atoms with van der Waals surface area (Å²) in [6.07, 6.45) is 2.40. The highest BCUT2D eigenvalue weighted by Crippen LogP contribution is 2.16. The second kappa shape index (κ2) is 6.12. The lowest BCUT2D eigenvalue weighted by molar-refractivity contribution is 0.0540. The first-order chi connectivity index (χ1) is 8.25. The van der Waals surface area contributed by atoms with Gasteiger partial charge in [0.25, 0.3) is 0 Å². The molecule has 1 aliphatic rings. The number of nitrogens with one attached hydrogen (secondary N) is 1. The number of hydrogen-bond donors (Lipinski definition) is 1. The minimum Gasteiger partial charge on any atom is -0.381 e. The molecule has 1 aromatic rings. The zero-order chi connectivity index (χ0) is 12.1. The van der Waals surface area contributed by atoms with Crippen LogP contribution in [0.15, 0.2) is 24.3 Å². The maximum absolute atomic E-state index is 12.8. The highest BCUT2D eigenvalue weighted by Gasteiger charge is 2.14. The van der Waals surface area contributed by atoms with Gasteiger partial charge in [0.2, 0.25) is 0 Å². The normalized spacial score (nSPS) is 22.4. The highest BCUT2D eigenvalue weighted by molar-refractivity contribution is 5.19. The van der Waals surface area contributed by atoms with Gasteiger partial charge in [0.15, 0.2) is 0 Å². The van der Waals surface area contributed by atoms with Crippen molar-refractivity contribution in [2.24, 2.45) is 5.92 Å². The molecule has 1 heterocycles. The van der Waals surface area contributed by atoms with Crippen molar-refractivity contribution in [3.63, 3.8) is 0 Å². The number of benzene rings is 1. The van der Waals surface area contributed by atoms with Crippen molar-refractivity contribution in [2.75, 3.05) is 19.8 Å². The van der Waals surface area contributed by atoms with E-state index in [9.17, 15) is 4.39 Å². The van der Waals surface area contributed by atoms with Gasteiger partial charge in [-0.2, -0.15) is 0 Å². The van der Waals surface area contributed by atoms with Crippen LogP contribution in [0.5, 0.6) is 0 Å². The lowest BCUT2D eigenvalue weighted by atomic mass is 10.0. The monoisotopic (exact) mass is 237 g/mol. The minimum atomic E-state index is -0.179. The van der Waals surface area contributed by atoms with Gasteiger partial charge in [0.1, 0.15) is 5.82 Å². The molecule has 2 nitrogen and oxygen atoms in total. The Kier molecular flexibility index (Phi) is 4.51. The largest absolute Gasteiger partial charge is 0.381 e. The van der Waals surface area contributed by atoms with E-state index >= 15 is 0 Å². The zero-order valence-electron chi connectivity index (χ0n) is 10.3. The van der Waals surface area contributed by atoms with Crippen LogP contribution in [-0.4, -0.2) is 19.8 Å². The Morgan fingerprint density at radius 1 is 1.41 bits per heavy atom. The van der Waals surface area contributed by atoms with E-state index in [1.54, 1.807) is 0 Å². The third-order valence-corrected chi connectivity index (χ3v) is 3.34. The van der Waals surface area contributed by atoms with Gasteiger partial charge >= 0.3 is 0 Å². The van der Waals surface area contributed by atoms with Crippen molar-refractivity contribution in [1.29, 1.82) is 0 Å². The molecule has 0 radical (unpaired) electrons. The van der Waals surface area contributed by atoms with Crippen LogP contribution < -0.4 is 5.32 Å². The SMILES string of the molecule is CC(NCC1CCCOC1)c1ccc(F)cc1. The van der Waals surface area contributed by atoms with Crippen LogP contribution >= 0.6 is 0 Å². The molecule has 17 heavy (non-hydrogen) atoms. The molecule has 2 rings (SSSR count). The van der Waals surface area contributed by atoms with Crippen LogP contribution in [0.1, 0.15) is 31.4 Å². The van der Waals surface area contributed by atoms with E-state index in [1.807, 2.05) is 12.1 Å². The number of rotatable bonds is 4. The van der Waals surface area contributed by atoms with Crippen molar-refractivity contribution in [3.8, 4) is 0 Å². The Morgan fingerprint density at radius 2 is 2.18 bits per heavy atom. The van der Waals surface area contributed by atoms with Gasteiger partial charge < -0.3 is 10.1 Å². The van der Waals surface area contributed by atoms with E-state index in [2.05, 4.69) is 12.2 Å². The lowest BCUT2D eigenvalue weighted by Crippen LogP contribution is -2.30.